The second-order valence-electron chi connectivity index (χ2n) is 8.36. The molecule has 0 spiro atoms. The third kappa shape index (κ3) is 5.65. The molecule has 0 fully saturated rings. The molecular weight excluding hydrogens is 352 g/mol. The molecule has 0 saturated carbocycles. The van der Waals surface area contributed by atoms with Gasteiger partial charge >= 0.3 is 17.9 Å². The Bertz CT molecular complexity index is 659. The van der Waals surface area contributed by atoms with Crippen molar-refractivity contribution in [1.29, 1.82) is 0 Å². The van der Waals surface area contributed by atoms with Crippen molar-refractivity contribution in [2.75, 3.05) is 6.61 Å². The smallest absolute Gasteiger partial charge is 0.336 e. The van der Waals surface area contributed by atoms with Crippen LogP contribution in [0.5, 0.6) is 0 Å². The molecule has 0 aromatic heterocycles. The van der Waals surface area contributed by atoms with Gasteiger partial charge in [0.15, 0.2) is 0 Å². The number of esters is 3. The SMILES string of the molecule is CCOC(=O)C1=C(C(=O)OC(C)(C)C)[C@@H](C(=O)OC(C)(C)C)[C@H]1C(=O)CC. The molecule has 0 aromatic carbocycles. The zero-order valence-electron chi connectivity index (χ0n) is 17.4. The zero-order valence-corrected chi connectivity index (χ0v) is 17.4. The first kappa shape index (κ1) is 22.9. The van der Waals surface area contributed by atoms with E-state index >= 15 is 0 Å². The van der Waals surface area contributed by atoms with E-state index < -0.39 is 40.9 Å². The number of carbonyl (C=O) groups excluding carboxylic acids is 4. The first-order valence-corrected chi connectivity index (χ1v) is 9.13. The molecule has 0 heterocycles. The molecule has 0 aliphatic heterocycles. The lowest BCUT2D eigenvalue weighted by atomic mass is 9.65. The van der Waals surface area contributed by atoms with Gasteiger partial charge in [0.1, 0.15) is 22.9 Å². The fourth-order valence-corrected chi connectivity index (χ4v) is 2.77. The van der Waals surface area contributed by atoms with Gasteiger partial charge in [0, 0.05) is 6.42 Å². The Balaban J connectivity index is 3.45. The predicted molar refractivity (Wildman–Crippen MR) is 97.6 cm³/mol. The Morgan fingerprint density at radius 2 is 1.26 bits per heavy atom. The first-order chi connectivity index (χ1) is 12.2. The Kier molecular flexibility index (Phi) is 6.97. The van der Waals surface area contributed by atoms with E-state index in [0.29, 0.717) is 0 Å². The molecule has 7 heteroatoms. The summed E-state index contributed by atoms with van der Waals surface area (Å²) in [5, 5.41) is 0. The van der Waals surface area contributed by atoms with Gasteiger partial charge in [0.25, 0.3) is 0 Å². The topological polar surface area (TPSA) is 96.0 Å². The molecule has 1 aliphatic rings. The lowest BCUT2D eigenvalue weighted by Gasteiger charge is -2.39. The molecule has 0 N–H and O–H groups in total. The maximum absolute atomic E-state index is 12.7. The van der Waals surface area contributed by atoms with Gasteiger partial charge in [-0.15, -0.1) is 0 Å². The number of carbonyl (C=O) groups is 4. The normalized spacial score (nSPS) is 19.9. The van der Waals surface area contributed by atoms with Crippen LogP contribution in [-0.2, 0) is 33.4 Å². The van der Waals surface area contributed by atoms with Crippen LogP contribution in [0.1, 0.15) is 61.8 Å². The van der Waals surface area contributed by atoms with Gasteiger partial charge in [-0.1, -0.05) is 6.92 Å². The van der Waals surface area contributed by atoms with E-state index in [1.54, 1.807) is 55.4 Å². The van der Waals surface area contributed by atoms with Gasteiger partial charge in [-0.3, -0.25) is 9.59 Å². The molecule has 1 rings (SSSR count). The van der Waals surface area contributed by atoms with Crippen LogP contribution in [0.15, 0.2) is 11.1 Å². The van der Waals surface area contributed by atoms with E-state index in [4.69, 9.17) is 14.2 Å². The Labute approximate surface area is 160 Å². The maximum Gasteiger partial charge on any atom is 0.336 e. The van der Waals surface area contributed by atoms with E-state index in [-0.39, 0.29) is 30.0 Å². The highest BCUT2D eigenvalue weighted by atomic mass is 16.6. The summed E-state index contributed by atoms with van der Waals surface area (Å²) >= 11 is 0. The van der Waals surface area contributed by atoms with Crippen molar-refractivity contribution in [2.45, 2.75) is 73.0 Å². The van der Waals surface area contributed by atoms with Crippen LogP contribution in [-0.4, -0.2) is 41.5 Å². The number of Topliss-reactive ketones (excluding diaryl/α,β-unsaturated/α-hetero) is 1. The largest absolute Gasteiger partial charge is 0.463 e. The van der Waals surface area contributed by atoms with E-state index in [1.807, 2.05) is 0 Å². The highest BCUT2D eigenvalue weighted by molar-refractivity contribution is 6.14. The van der Waals surface area contributed by atoms with Crippen LogP contribution in [0, 0.1) is 11.8 Å². The summed E-state index contributed by atoms with van der Waals surface area (Å²) in [6, 6.07) is 0. The number of ether oxygens (including phenoxy) is 3. The van der Waals surface area contributed by atoms with Gasteiger partial charge in [-0.05, 0) is 48.5 Å². The van der Waals surface area contributed by atoms with Crippen molar-refractivity contribution in [3.8, 4) is 0 Å². The number of hydrogen-bond donors (Lipinski definition) is 0. The van der Waals surface area contributed by atoms with Crippen LogP contribution >= 0.6 is 0 Å². The molecule has 0 amide bonds. The second kappa shape index (κ2) is 8.23. The van der Waals surface area contributed by atoms with Crippen molar-refractivity contribution < 1.29 is 33.4 Å². The number of hydrogen-bond acceptors (Lipinski definition) is 7. The average molecular weight is 382 g/mol. The van der Waals surface area contributed by atoms with E-state index in [2.05, 4.69) is 0 Å². The average Bonchev–Trinajstić information content (AvgIpc) is 2.42. The molecule has 0 bridgehead atoms. The van der Waals surface area contributed by atoms with E-state index in [0.717, 1.165) is 0 Å². The monoisotopic (exact) mass is 382 g/mol. The zero-order chi connectivity index (χ0) is 21.2. The molecule has 2 atom stereocenters. The maximum atomic E-state index is 12.7. The third-order valence-electron chi connectivity index (χ3n) is 3.72. The summed E-state index contributed by atoms with van der Waals surface area (Å²) in [5.41, 5.74) is -1.89. The summed E-state index contributed by atoms with van der Waals surface area (Å²) in [5.74, 6) is -4.91. The summed E-state index contributed by atoms with van der Waals surface area (Å²) in [6.45, 7) is 13.4. The van der Waals surface area contributed by atoms with Gasteiger partial charge in [-0.2, -0.15) is 0 Å². The predicted octanol–water partition coefficient (Wildman–Crippen LogP) is 2.75. The first-order valence-electron chi connectivity index (χ1n) is 9.13. The Morgan fingerprint density at radius 1 is 0.778 bits per heavy atom. The quantitative estimate of drug-likeness (QED) is 0.515. The summed E-state index contributed by atoms with van der Waals surface area (Å²) < 4.78 is 15.7. The minimum Gasteiger partial charge on any atom is -0.463 e. The molecule has 0 saturated heterocycles. The lowest BCUT2D eigenvalue weighted by molar-refractivity contribution is -0.167. The fraction of sp³-hybridized carbons (Fsp3) is 0.700. The minimum absolute atomic E-state index is 0.0775. The lowest BCUT2D eigenvalue weighted by Crippen LogP contribution is -2.49. The summed E-state index contributed by atoms with van der Waals surface area (Å²) in [6.07, 6.45) is 0.106. The minimum atomic E-state index is -1.18. The molecule has 0 unspecified atom stereocenters. The fourth-order valence-electron chi connectivity index (χ4n) is 2.77. The van der Waals surface area contributed by atoms with Crippen LogP contribution < -0.4 is 0 Å². The van der Waals surface area contributed by atoms with Crippen molar-refractivity contribution in [2.24, 2.45) is 11.8 Å². The summed E-state index contributed by atoms with van der Waals surface area (Å²) in [4.78, 5) is 50.2. The molecule has 0 radical (unpaired) electrons. The number of ketones is 1. The van der Waals surface area contributed by atoms with Crippen molar-refractivity contribution in [3.63, 3.8) is 0 Å². The van der Waals surface area contributed by atoms with E-state index in [9.17, 15) is 19.2 Å². The van der Waals surface area contributed by atoms with Gasteiger partial charge in [0.05, 0.1) is 23.7 Å². The highest BCUT2D eigenvalue weighted by Crippen LogP contribution is 2.45. The van der Waals surface area contributed by atoms with Crippen LogP contribution in [0.2, 0.25) is 0 Å². The Morgan fingerprint density at radius 3 is 1.67 bits per heavy atom. The molecule has 1 aliphatic carbocycles. The van der Waals surface area contributed by atoms with Gasteiger partial charge < -0.3 is 14.2 Å². The molecular formula is C20H30O7. The molecule has 7 nitrogen and oxygen atoms in total. The number of rotatable bonds is 6. The molecule has 152 valence electrons. The second-order valence-corrected chi connectivity index (χ2v) is 8.36. The van der Waals surface area contributed by atoms with Crippen LogP contribution in [0.25, 0.3) is 0 Å². The third-order valence-corrected chi connectivity index (χ3v) is 3.72. The van der Waals surface area contributed by atoms with Gasteiger partial charge in [-0.25, -0.2) is 9.59 Å². The van der Waals surface area contributed by atoms with Gasteiger partial charge in [0.2, 0.25) is 0 Å². The standard InChI is InChI=1S/C20H30O7/c1-9-11(21)12-13(16(22)25-10-2)15(18(24)27-20(6,7)8)14(12)17(23)26-19(3,4)5/h12,14H,9-10H2,1-8H3/t12-,14-/m0/s1. The Hall–Kier alpha value is -2.18. The van der Waals surface area contributed by atoms with Crippen LogP contribution in [0.4, 0.5) is 0 Å². The van der Waals surface area contributed by atoms with Crippen molar-refractivity contribution in [3.05, 3.63) is 11.1 Å². The van der Waals surface area contributed by atoms with Crippen LogP contribution in [0.3, 0.4) is 0 Å². The molecule has 0 aromatic rings. The summed E-state index contributed by atoms with van der Waals surface area (Å²) in [7, 11) is 0. The molecule has 27 heavy (non-hydrogen) atoms. The highest BCUT2D eigenvalue weighted by Gasteiger charge is 2.56. The van der Waals surface area contributed by atoms with E-state index in [1.165, 1.54) is 0 Å². The van der Waals surface area contributed by atoms with Crippen molar-refractivity contribution >= 4 is 23.7 Å². The van der Waals surface area contributed by atoms with Crippen molar-refractivity contribution in [1.82, 2.24) is 0 Å².